The molecule has 1 aliphatic heterocycles. The van der Waals surface area contributed by atoms with Gasteiger partial charge < -0.3 is 25.6 Å². The number of carbonyl (C=O) groups excluding carboxylic acids is 3. The van der Waals surface area contributed by atoms with Crippen molar-refractivity contribution < 1.29 is 19.1 Å². The molecule has 0 spiro atoms. The van der Waals surface area contributed by atoms with E-state index < -0.39 is 17.6 Å². The van der Waals surface area contributed by atoms with E-state index in [4.69, 9.17) is 22.7 Å². The van der Waals surface area contributed by atoms with E-state index in [1.807, 2.05) is 25.1 Å². The van der Waals surface area contributed by atoms with Gasteiger partial charge in [-0.1, -0.05) is 30.4 Å². The molecule has 0 radical (unpaired) electrons. The quantitative estimate of drug-likeness (QED) is 0.618. The molecule has 1 aliphatic rings. The fourth-order valence-corrected chi connectivity index (χ4v) is 3.65. The number of anilines is 1. The van der Waals surface area contributed by atoms with Gasteiger partial charge in [-0.05, 0) is 38.8 Å². The molecule has 0 atom stereocenters. The van der Waals surface area contributed by atoms with Crippen LogP contribution in [0.3, 0.4) is 0 Å². The lowest BCUT2D eigenvalue weighted by Gasteiger charge is -2.38. The number of primary amides is 1. The van der Waals surface area contributed by atoms with E-state index in [9.17, 15) is 14.4 Å². The van der Waals surface area contributed by atoms with Crippen molar-refractivity contribution in [2.75, 3.05) is 37.6 Å². The monoisotopic (exact) mass is 448 g/mol. The van der Waals surface area contributed by atoms with E-state index in [0.29, 0.717) is 32.6 Å². The molecule has 2 rings (SSSR count). The molecule has 3 N–H and O–H groups in total. The Kier molecular flexibility index (Phi) is 8.38. The number of alkyl carbamates (subject to hydrolysis) is 1. The minimum atomic E-state index is -0.571. The van der Waals surface area contributed by atoms with E-state index in [0.717, 1.165) is 16.8 Å². The average Bonchev–Trinajstić information content (AvgIpc) is 2.66. The number of nitrogens with one attached hydrogen (secondary N) is 1. The molecular weight excluding hydrogens is 416 g/mol. The van der Waals surface area contributed by atoms with Gasteiger partial charge in [0.2, 0.25) is 5.91 Å². The topological polar surface area (TPSA) is 105 Å². The average molecular weight is 449 g/mol. The van der Waals surface area contributed by atoms with E-state index in [2.05, 4.69) is 10.2 Å². The Hall–Kier alpha value is -2.68. The summed E-state index contributed by atoms with van der Waals surface area (Å²) in [6.45, 7) is 10.1. The second-order valence-corrected chi connectivity index (χ2v) is 9.09. The fourth-order valence-electron chi connectivity index (χ4n) is 3.50. The van der Waals surface area contributed by atoms with Gasteiger partial charge in [-0.3, -0.25) is 9.59 Å². The predicted octanol–water partition coefficient (Wildman–Crippen LogP) is 1.96. The van der Waals surface area contributed by atoms with E-state index in [1.165, 1.54) is 0 Å². The summed E-state index contributed by atoms with van der Waals surface area (Å²) in [7, 11) is 0. The lowest BCUT2D eigenvalue weighted by molar-refractivity contribution is -0.131. The summed E-state index contributed by atoms with van der Waals surface area (Å²) in [5.41, 5.74) is 7.85. The van der Waals surface area contributed by atoms with Crippen LogP contribution in [0, 0.1) is 6.92 Å². The van der Waals surface area contributed by atoms with Crippen LogP contribution in [-0.2, 0) is 20.7 Å². The van der Waals surface area contributed by atoms with Gasteiger partial charge in [0.15, 0.2) is 0 Å². The van der Waals surface area contributed by atoms with Gasteiger partial charge in [0.1, 0.15) is 5.60 Å². The Morgan fingerprint density at radius 2 is 1.81 bits per heavy atom. The number of nitrogens with zero attached hydrogens (tertiary/aromatic N) is 2. The van der Waals surface area contributed by atoms with Crippen molar-refractivity contribution in [3.63, 3.8) is 0 Å². The molecule has 170 valence electrons. The van der Waals surface area contributed by atoms with Crippen LogP contribution in [0.1, 0.15) is 38.3 Å². The summed E-state index contributed by atoms with van der Waals surface area (Å²) < 4.78 is 5.17. The predicted molar refractivity (Wildman–Crippen MR) is 124 cm³/mol. The van der Waals surface area contributed by atoms with Gasteiger partial charge in [-0.15, -0.1) is 0 Å². The van der Waals surface area contributed by atoms with E-state index in [-0.39, 0.29) is 23.7 Å². The first-order valence-corrected chi connectivity index (χ1v) is 10.8. The maximum Gasteiger partial charge on any atom is 0.407 e. The van der Waals surface area contributed by atoms with Crippen LogP contribution < -0.4 is 16.0 Å². The molecular formula is C22H32N4O4S. The highest BCUT2D eigenvalue weighted by molar-refractivity contribution is 7.82. The van der Waals surface area contributed by atoms with Gasteiger partial charge in [0.25, 0.3) is 5.91 Å². The van der Waals surface area contributed by atoms with Crippen molar-refractivity contribution in [2.24, 2.45) is 5.73 Å². The molecule has 0 bridgehead atoms. The molecule has 1 aromatic rings. The number of ether oxygens (including phenoxy) is 1. The number of rotatable bonds is 7. The van der Waals surface area contributed by atoms with E-state index in [1.54, 1.807) is 25.7 Å². The number of benzene rings is 1. The third-order valence-corrected chi connectivity index (χ3v) is 5.25. The number of carbonyl (C=O) groups is 3. The van der Waals surface area contributed by atoms with Gasteiger partial charge in [0.05, 0.1) is 4.86 Å². The van der Waals surface area contributed by atoms with Crippen LogP contribution in [0.15, 0.2) is 18.2 Å². The van der Waals surface area contributed by atoms with Crippen LogP contribution >= 0.6 is 12.2 Å². The molecule has 1 aromatic carbocycles. The summed E-state index contributed by atoms with van der Waals surface area (Å²) >= 11 is 5.12. The first-order chi connectivity index (χ1) is 14.5. The van der Waals surface area contributed by atoms with Gasteiger partial charge >= 0.3 is 6.09 Å². The smallest absolute Gasteiger partial charge is 0.407 e. The minimum Gasteiger partial charge on any atom is -0.444 e. The standard InChI is InChI=1S/C22H32N4O4S/c1-15-6-5-7-16(14-17(31)20(23)28)19(15)26-12-10-25(11-13-26)18(27)8-9-24-21(29)30-22(2,3)4/h5-7H,8-14H2,1-4H3,(H2,23,28)(H,24,29). The maximum absolute atomic E-state index is 12.5. The van der Waals surface area contributed by atoms with E-state index >= 15 is 0 Å². The van der Waals surface area contributed by atoms with Crippen molar-refractivity contribution >= 4 is 40.7 Å². The van der Waals surface area contributed by atoms with Crippen LogP contribution in [0.25, 0.3) is 0 Å². The molecule has 1 fully saturated rings. The minimum absolute atomic E-state index is 0.00405. The second kappa shape index (κ2) is 10.6. The Balaban J connectivity index is 1.90. The summed E-state index contributed by atoms with van der Waals surface area (Å²) in [5, 5.41) is 2.62. The highest BCUT2D eigenvalue weighted by Crippen LogP contribution is 2.27. The second-order valence-electron chi connectivity index (χ2n) is 8.59. The van der Waals surface area contributed by atoms with Crippen LogP contribution in [0.5, 0.6) is 0 Å². The summed E-state index contributed by atoms with van der Waals surface area (Å²) in [6.07, 6.45) is 0.0323. The van der Waals surface area contributed by atoms with Gasteiger partial charge in [-0.25, -0.2) is 4.79 Å². The number of hydrogen-bond acceptors (Lipinski definition) is 6. The third kappa shape index (κ3) is 7.50. The Bertz CT molecular complexity index is 842. The molecule has 1 saturated heterocycles. The molecule has 31 heavy (non-hydrogen) atoms. The molecule has 1 heterocycles. The van der Waals surface area contributed by atoms with Crippen LogP contribution in [0.2, 0.25) is 0 Å². The van der Waals surface area contributed by atoms with Crippen molar-refractivity contribution in [3.8, 4) is 0 Å². The number of thiocarbonyl (C=S) groups is 1. The first-order valence-electron chi connectivity index (χ1n) is 10.4. The summed E-state index contributed by atoms with van der Waals surface area (Å²) in [6, 6.07) is 5.92. The largest absolute Gasteiger partial charge is 0.444 e. The summed E-state index contributed by atoms with van der Waals surface area (Å²) in [5.74, 6) is -0.575. The van der Waals surface area contributed by atoms with Gasteiger partial charge in [0, 0.05) is 51.3 Å². The van der Waals surface area contributed by atoms with Crippen molar-refractivity contribution in [2.45, 2.75) is 46.1 Å². The van der Waals surface area contributed by atoms with Crippen molar-refractivity contribution in [1.82, 2.24) is 10.2 Å². The number of amides is 3. The Morgan fingerprint density at radius 3 is 2.39 bits per heavy atom. The number of aryl methyl sites for hydroxylation is 1. The zero-order valence-corrected chi connectivity index (χ0v) is 19.5. The molecule has 0 aliphatic carbocycles. The number of para-hydroxylation sites is 1. The lowest BCUT2D eigenvalue weighted by atomic mass is 10.0. The highest BCUT2D eigenvalue weighted by Gasteiger charge is 2.24. The fraction of sp³-hybridized carbons (Fsp3) is 0.545. The van der Waals surface area contributed by atoms with Crippen LogP contribution in [0.4, 0.5) is 10.5 Å². The van der Waals surface area contributed by atoms with Crippen molar-refractivity contribution in [3.05, 3.63) is 29.3 Å². The van der Waals surface area contributed by atoms with Crippen LogP contribution in [-0.4, -0.2) is 66.0 Å². The molecule has 9 heteroatoms. The normalized spacial score (nSPS) is 14.2. The SMILES string of the molecule is Cc1cccc(CC(=S)C(N)=O)c1N1CCN(C(=O)CCNC(=O)OC(C)(C)C)CC1. The molecule has 8 nitrogen and oxygen atoms in total. The third-order valence-electron chi connectivity index (χ3n) is 4.90. The Morgan fingerprint density at radius 1 is 1.16 bits per heavy atom. The number of hydrogen-bond donors (Lipinski definition) is 2. The zero-order valence-electron chi connectivity index (χ0n) is 18.7. The zero-order chi connectivity index (χ0) is 23.2. The van der Waals surface area contributed by atoms with Gasteiger partial charge in [-0.2, -0.15) is 0 Å². The number of nitrogens with two attached hydrogens (primary N) is 1. The number of piperazine rings is 1. The molecule has 0 unspecified atom stereocenters. The maximum atomic E-state index is 12.5. The lowest BCUT2D eigenvalue weighted by Crippen LogP contribution is -2.49. The van der Waals surface area contributed by atoms with Crippen molar-refractivity contribution in [1.29, 1.82) is 0 Å². The summed E-state index contributed by atoms with van der Waals surface area (Å²) in [4.78, 5) is 39.8. The molecule has 3 amide bonds. The molecule has 0 aromatic heterocycles. The first kappa shape index (κ1) is 24.6. The Labute approximate surface area is 189 Å². The highest BCUT2D eigenvalue weighted by atomic mass is 32.1. The molecule has 0 saturated carbocycles.